The first-order valence-corrected chi connectivity index (χ1v) is 8.57. The Bertz CT molecular complexity index is 565. The normalized spacial score (nSPS) is 12.8. The predicted octanol–water partition coefficient (Wildman–Crippen LogP) is 3.75. The summed E-state index contributed by atoms with van der Waals surface area (Å²) in [7, 11) is 0. The van der Waals surface area contributed by atoms with Crippen LogP contribution in [0.3, 0.4) is 0 Å². The lowest BCUT2D eigenvalue weighted by molar-refractivity contribution is 0.463. The summed E-state index contributed by atoms with van der Waals surface area (Å²) in [5, 5.41) is 7.97. The Morgan fingerprint density at radius 1 is 1.33 bits per heavy atom. The van der Waals surface area contributed by atoms with E-state index in [0.29, 0.717) is 6.04 Å². The van der Waals surface area contributed by atoms with Crippen molar-refractivity contribution >= 4 is 22.6 Å². The molecule has 1 aromatic heterocycles. The second-order valence-electron chi connectivity index (χ2n) is 5.48. The number of aromatic nitrogens is 3. The smallest absolute Gasteiger partial charge is 0.138 e. The Balaban J connectivity index is 2.22. The number of nitrogens with one attached hydrogen (secondary N) is 1. The van der Waals surface area contributed by atoms with Crippen LogP contribution in [0.2, 0.25) is 0 Å². The lowest BCUT2D eigenvalue weighted by Gasteiger charge is -2.20. The molecule has 0 aliphatic heterocycles. The lowest BCUT2D eigenvalue weighted by Crippen LogP contribution is -2.26. The van der Waals surface area contributed by atoms with E-state index in [1.165, 1.54) is 9.13 Å². The summed E-state index contributed by atoms with van der Waals surface area (Å²) in [6, 6.07) is 9.28. The minimum absolute atomic E-state index is 0.279. The van der Waals surface area contributed by atoms with Crippen molar-refractivity contribution in [1.29, 1.82) is 0 Å². The molecule has 0 saturated carbocycles. The van der Waals surface area contributed by atoms with Crippen molar-refractivity contribution in [1.82, 2.24) is 20.1 Å². The number of nitrogens with zero attached hydrogens (tertiary/aromatic N) is 3. The summed E-state index contributed by atoms with van der Waals surface area (Å²) in [6.45, 7) is 7.47. The van der Waals surface area contributed by atoms with E-state index >= 15 is 0 Å². The molecular formula is C16H23IN4. The molecule has 21 heavy (non-hydrogen) atoms. The molecule has 114 valence electrons. The number of hydrogen-bond acceptors (Lipinski definition) is 3. The van der Waals surface area contributed by atoms with E-state index in [9.17, 15) is 0 Å². The van der Waals surface area contributed by atoms with Gasteiger partial charge in [-0.3, -0.25) is 0 Å². The summed E-state index contributed by atoms with van der Waals surface area (Å²) in [5.41, 5.74) is 1.31. The Morgan fingerprint density at radius 3 is 2.81 bits per heavy atom. The molecule has 1 N–H and O–H groups in total. The van der Waals surface area contributed by atoms with Gasteiger partial charge in [-0.1, -0.05) is 19.1 Å². The van der Waals surface area contributed by atoms with Crippen molar-refractivity contribution < 1.29 is 0 Å². The molecule has 0 fully saturated rings. The SMILES string of the molecule is CCCNC(Cc1ncnn1C(C)C)c1cccc(I)c1. The lowest BCUT2D eigenvalue weighted by atomic mass is 10.0. The van der Waals surface area contributed by atoms with Crippen LogP contribution in [0.4, 0.5) is 0 Å². The average molecular weight is 398 g/mol. The van der Waals surface area contributed by atoms with E-state index in [1.54, 1.807) is 6.33 Å². The first kappa shape index (κ1) is 16.4. The maximum atomic E-state index is 4.44. The molecule has 0 aliphatic carbocycles. The molecule has 0 saturated heterocycles. The maximum Gasteiger partial charge on any atom is 0.138 e. The zero-order chi connectivity index (χ0) is 15.2. The van der Waals surface area contributed by atoms with Crippen molar-refractivity contribution in [2.45, 2.75) is 45.7 Å². The third kappa shape index (κ3) is 4.51. The molecule has 2 aromatic rings. The van der Waals surface area contributed by atoms with Gasteiger partial charge in [0.1, 0.15) is 12.2 Å². The van der Waals surface area contributed by atoms with Gasteiger partial charge in [0.05, 0.1) is 0 Å². The highest BCUT2D eigenvalue weighted by Crippen LogP contribution is 2.20. The quantitative estimate of drug-likeness (QED) is 0.723. The van der Waals surface area contributed by atoms with Gasteiger partial charge in [0, 0.05) is 22.1 Å². The molecule has 0 radical (unpaired) electrons. The maximum absolute atomic E-state index is 4.44. The molecule has 1 unspecified atom stereocenters. The van der Waals surface area contributed by atoms with Crippen LogP contribution >= 0.6 is 22.6 Å². The number of benzene rings is 1. The second kappa shape index (κ2) is 7.89. The second-order valence-corrected chi connectivity index (χ2v) is 6.73. The molecule has 2 rings (SSSR count). The third-order valence-electron chi connectivity index (χ3n) is 3.41. The van der Waals surface area contributed by atoms with Crippen LogP contribution in [0.5, 0.6) is 0 Å². The summed E-state index contributed by atoms with van der Waals surface area (Å²) >= 11 is 2.36. The fraction of sp³-hybridized carbons (Fsp3) is 0.500. The first-order valence-electron chi connectivity index (χ1n) is 7.49. The highest BCUT2D eigenvalue weighted by Gasteiger charge is 2.16. The van der Waals surface area contributed by atoms with Crippen molar-refractivity contribution in [3.8, 4) is 0 Å². The average Bonchev–Trinajstić information content (AvgIpc) is 2.91. The summed E-state index contributed by atoms with van der Waals surface area (Å²) in [6.07, 6.45) is 3.64. The number of halogens is 1. The zero-order valence-corrected chi connectivity index (χ0v) is 15.0. The van der Waals surface area contributed by atoms with Gasteiger partial charge in [0.25, 0.3) is 0 Å². The highest BCUT2D eigenvalue weighted by atomic mass is 127. The van der Waals surface area contributed by atoms with Crippen LogP contribution in [0.1, 0.15) is 50.7 Å². The van der Waals surface area contributed by atoms with Crippen LogP contribution in [0.15, 0.2) is 30.6 Å². The van der Waals surface area contributed by atoms with Gasteiger partial charge in [0.15, 0.2) is 0 Å². The minimum Gasteiger partial charge on any atom is -0.310 e. The largest absolute Gasteiger partial charge is 0.310 e. The molecule has 0 spiro atoms. The summed E-state index contributed by atoms with van der Waals surface area (Å²) in [4.78, 5) is 4.44. The van der Waals surface area contributed by atoms with Crippen molar-refractivity contribution in [2.24, 2.45) is 0 Å². The van der Waals surface area contributed by atoms with Gasteiger partial charge in [-0.25, -0.2) is 9.67 Å². The molecule has 0 bridgehead atoms. The minimum atomic E-state index is 0.279. The van der Waals surface area contributed by atoms with Crippen molar-refractivity contribution in [3.63, 3.8) is 0 Å². The van der Waals surface area contributed by atoms with Crippen LogP contribution in [-0.4, -0.2) is 21.3 Å². The van der Waals surface area contributed by atoms with Gasteiger partial charge in [-0.2, -0.15) is 5.10 Å². The Morgan fingerprint density at radius 2 is 2.14 bits per heavy atom. The van der Waals surface area contributed by atoms with Gasteiger partial charge in [-0.05, 0) is 67.1 Å². The molecule has 1 heterocycles. The molecule has 0 amide bonds. The van der Waals surface area contributed by atoms with E-state index in [2.05, 4.69) is 83.0 Å². The van der Waals surface area contributed by atoms with Crippen LogP contribution < -0.4 is 5.32 Å². The zero-order valence-electron chi connectivity index (χ0n) is 12.9. The van der Waals surface area contributed by atoms with E-state index in [4.69, 9.17) is 0 Å². The Hall–Kier alpha value is -0.950. The van der Waals surface area contributed by atoms with Crippen LogP contribution in [-0.2, 0) is 6.42 Å². The molecule has 1 aromatic carbocycles. The molecule has 0 aliphatic rings. The molecule has 4 nitrogen and oxygen atoms in total. The van der Waals surface area contributed by atoms with Gasteiger partial charge in [-0.15, -0.1) is 0 Å². The topological polar surface area (TPSA) is 42.7 Å². The van der Waals surface area contributed by atoms with Crippen LogP contribution in [0, 0.1) is 3.57 Å². The van der Waals surface area contributed by atoms with E-state index in [1.807, 2.05) is 4.68 Å². The fourth-order valence-corrected chi connectivity index (χ4v) is 2.95. The first-order chi connectivity index (χ1) is 10.1. The standard InChI is InChI=1S/C16H23IN4/c1-4-8-18-15(13-6-5-7-14(17)9-13)10-16-19-11-20-21(16)12(2)3/h5-7,9,11-12,15,18H,4,8,10H2,1-3H3. The number of hydrogen-bond donors (Lipinski definition) is 1. The third-order valence-corrected chi connectivity index (χ3v) is 4.09. The Kier molecular flexibility index (Phi) is 6.17. The van der Waals surface area contributed by atoms with Gasteiger partial charge in [0.2, 0.25) is 0 Å². The fourth-order valence-electron chi connectivity index (χ4n) is 2.38. The van der Waals surface area contributed by atoms with E-state index in [0.717, 1.165) is 25.2 Å². The van der Waals surface area contributed by atoms with Gasteiger partial charge >= 0.3 is 0 Å². The van der Waals surface area contributed by atoms with E-state index in [-0.39, 0.29) is 6.04 Å². The van der Waals surface area contributed by atoms with Crippen molar-refractivity contribution in [3.05, 3.63) is 45.6 Å². The molecule has 1 atom stereocenters. The number of rotatable bonds is 7. The van der Waals surface area contributed by atoms with Crippen molar-refractivity contribution in [2.75, 3.05) is 6.54 Å². The molecular weight excluding hydrogens is 375 g/mol. The highest BCUT2D eigenvalue weighted by molar-refractivity contribution is 14.1. The monoisotopic (exact) mass is 398 g/mol. The molecule has 5 heteroatoms. The Labute approximate surface area is 140 Å². The van der Waals surface area contributed by atoms with Gasteiger partial charge < -0.3 is 5.32 Å². The van der Waals surface area contributed by atoms with Crippen LogP contribution in [0.25, 0.3) is 0 Å². The summed E-state index contributed by atoms with van der Waals surface area (Å²) < 4.78 is 3.27. The summed E-state index contributed by atoms with van der Waals surface area (Å²) in [5.74, 6) is 1.04. The predicted molar refractivity (Wildman–Crippen MR) is 94.3 cm³/mol. The van der Waals surface area contributed by atoms with E-state index < -0.39 is 0 Å².